The van der Waals surface area contributed by atoms with E-state index < -0.39 is 0 Å². The van der Waals surface area contributed by atoms with Crippen LogP contribution in [0.3, 0.4) is 0 Å². The van der Waals surface area contributed by atoms with Crippen LogP contribution in [0.15, 0.2) is 39.3 Å². The molecule has 0 aliphatic rings. The van der Waals surface area contributed by atoms with Gasteiger partial charge in [0, 0.05) is 20.2 Å². The number of benzene rings is 1. The SMILES string of the molecule is Cc1c(Br)ccc2nc(-c3ccc(Br)c(Cl)c3)c(N)n12. The summed E-state index contributed by atoms with van der Waals surface area (Å²) in [5, 5.41) is 0.636. The van der Waals surface area contributed by atoms with Gasteiger partial charge < -0.3 is 5.73 Å². The highest BCUT2D eigenvalue weighted by Gasteiger charge is 2.14. The number of nitrogen functional groups attached to an aromatic ring is 1. The maximum absolute atomic E-state index is 6.25. The third-order valence-corrected chi connectivity index (χ3v) is 5.26. The molecule has 0 atom stereocenters. The molecule has 0 amide bonds. The van der Waals surface area contributed by atoms with E-state index in [0.717, 1.165) is 31.5 Å². The third-order valence-electron chi connectivity index (χ3n) is 3.19. The second-order valence-electron chi connectivity index (χ2n) is 4.43. The van der Waals surface area contributed by atoms with Gasteiger partial charge in [0.15, 0.2) is 0 Å². The van der Waals surface area contributed by atoms with Gasteiger partial charge in [0.25, 0.3) is 0 Å². The second kappa shape index (κ2) is 5.06. The van der Waals surface area contributed by atoms with Crippen LogP contribution in [0.1, 0.15) is 5.69 Å². The molecule has 0 spiro atoms. The first-order valence-electron chi connectivity index (χ1n) is 5.87. The molecular formula is C14H10Br2ClN3. The first-order chi connectivity index (χ1) is 9.49. The van der Waals surface area contributed by atoms with Crippen LogP contribution in [-0.4, -0.2) is 9.38 Å². The summed E-state index contributed by atoms with van der Waals surface area (Å²) in [6.45, 7) is 1.99. The number of imidazole rings is 1. The van der Waals surface area contributed by atoms with Gasteiger partial charge in [-0.2, -0.15) is 0 Å². The number of hydrogen-bond donors (Lipinski definition) is 1. The highest BCUT2D eigenvalue weighted by molar-refractivity contribution is 9.10. The lowest BCUT2D eigenvalue weighted by Gasteiger charge is -2.05. The van der Waals surface area contributed by atoms with Crippen molar-refractivity contribution in [2.45, 2.75) is 6.92 Å². The number of pyridine rings is 1. The molecule has 3 rings (SSSR count). The van der Waals surface area contributed by atoms with E-state index in [1.807, 2.05) is 41.7 Å². The van der Waals surface area contributed by atoms with Gasteiger partial charge >= 0.3 is 0 Å². The minimum atomic E-state index is 0.609. The van der Waals surface area contributed by atoms with Crippen LogP contribution in [-0.2, 0) is 0 Å². The number of halogens is 3. The van der Waals surface area contributed by atoms with E-state index in [4.69, 9.17) is 17.3 Å². The molecule has 0 bridgehead atoms. The van der Waals surface area contributed by atoms with E-state index in [2.05, 4.69) is 36.8 Å². The van der Waals surface area contributed by atoms with Gasteiger partial charge in [0.05, 0.1) is 5.02 Å². The average Bonchev–Trinajstić information content (AvgIpc) is 2.75. The lowest BCUT2D eigenvalue weighted by atomic mass is 10.1. The Bertz CT molecular complexity index is 827. The zero-order valence-electron chi connectivity index (χ0n) is 10.5. The van der Waals surface area contributed by atoms with E-state index in [1.165, 1.54) is 0 Å². The minimum Gasteiger partial charge on any atom is -0.383 e. The van der Waals surface area contributed by atoms with Crippen molar-refractivity contribution in [3.05, 3.63) is 50.0 Å². The van der Waals surface area contributed by atoms with Gasteiger partial charge in [-0.05, 0) is 63.0 Å². The molecule has 0 aliphatic carbocycles. The molecule has 6 heteroatoms. The molecule has 102 valence electrons. The molecule has 0 radical (unpaired) electrons. The Hall–Kier alpha value is -1.04. The van der Waals surface area contributed by atoms with Crippen LogP contribution in [0, 0.1) is 6.92 Å². The largest absolute Gasteiger partial charge is 0.383 e. The first kappa shape index (κ1) is 13.9. The van der Waals surface area contributed by atoms with Crippen molar-refractivity contribution in [1.29, 1.82) is 0 Å². The monoisotopic (exact) mass is 413 g/mol. The van der Waals surface area contributed by atoms with Crippen molar-refractivity contribution in [2.24, 2.45) is 0 Å². The number of fused-ring (bicyclic) bond motifs is 1. The van der Waals surface area contributed by atoms with Crippen LogP contribution in [0.2, 0.25) is 5.02 Å². The Kier molecular flexibility index (Phi) is 3.52. The standard InChI is InChI=1S/C14H10Br2ClN3/c1-7-9(15)4-5-12-19-13(14(18)20(7)12)8-2-3-10(16)11(17)6-8/h2-6H,18H2,1H3. The fourth-order valence-corrected chi connectivity index (χ4v) is 2.88. The topological polar surface area (TPSA) is 43.3 Å². The van der Waals surface area contributed by atoms with Gasteiger partial charge in [-0.15, -0.1) is 0 Å². The van der Waals surface area contributed by atoms with Crippen LogP contribution >= 0.6 is 43.5 Å². The third kappa shape index (κ3) is 2.14. The number of rotatable bonds is 1. The fourth-order valence-electron chi connectivity index (χ4n) is 2.15. The average molecular weight is 416 g/mol. The maximum Gasteiger partial charge on any atom is 0.139 e. The Labute approximate surface area is 138 Å². The number of nitrogens with two attached hydrogens (primary N) is 1. The molecule has 0 aliphatic heterocycles. The molecule has 2 heterocycles. The molecule has 0 fully saturated rings. The summed E-state index contributed by atoms with van der Waals surface area (Å²) in [4.78, 5) is 4.60. The predicted molar refractivity (Wildman–Crippen MR) is 90.2 cm³/mol. The quantitative estimate of drug-likeness (QED) is 0.603. The summed E-state index contributed by atoms with van der Waals surface area (Å²) >= 11 is 13.0. The molecule has 0 saturated carbocycles. The Morgan fingerprint density at radius 1 is 1.15 bits per heavy atom. The summed E-state index contributed by atoms with van der Waals surface area (Å²) in [5.41, 5.74) is 9.72. The summed E-state index contributed by atoms with van der Waals surface area (Å²) < 4.78 is 3.77. The highest BCUT2D eigenvalue weighted by atomic mass is 79.9. The number of hydrogen-bond acceptors (Lipinski definition) is 2. The van der Waals surface area contributed by atoms with Gasteiger partial charge in [0.2, 0.25) is 0 Å². The van der Waals surface area contributed by atoms with Gasteiger partial charge in [-0.3, -0.25) is 4.40 Å². The Morgan fingerprint density at radius 2 is 1.85 bits per heavy atom. The van der Waals surface area contributed by atoms with Crippen LogP contribution < -0.4 is 5.73 Å². The number of aryl methyl sites for hydroxylation is 1. The van der Waals surface area contributed by atoms with Crippen LogP contribution in [0.4, 0.5) is 5.82 Å². The highest BCUT2D eigenvalue weighted by Crippen LogP contribution is 2.33. The van der Waals surface area contributed by atoms with E-state index in [9.17, 15) is 0 Å². The molecular weight excluding hydrogens is 405 g/mol. The van der Waals surface area contributed by atoms with Crippen molar-refractivity contribution >= 4 is 54.9 Å². The van der Waals surface area contributed by atoms with E-state index >= 15 is 0 Å². The van der Waals surface area contributed by atoms with E-state index in [1.54, 1.807) is 0 Å². The lowest BCUT2D eigenvalue weighted by molar-refractivity contribution is 1.09. The lowest BCUT2D eigenvalue weighted by Crippen LogP contribution is -1.98. The summed E-state index contributed by atoms with van der Waals surface area (Å²) in [6, 6.07) is 9.59. The van der Waals surface area contributed by atoms with Crippen molar-refractivity contribution < 1.29 is 0 Å². The smallest absolute Gasteiger partial charge is 0.139 e. The minimum absolute atomic E-state index is 0.609. The fraction of sp³-hybridized carbons (Fsp3) is 0.0714. The normalized spacial score (nSPS) is 11.2. The van der Waals surface area contributed by atoms with E-state index in [0.29, 0.717) is 10.8 Å². The van der Waals surface area contributed by atoms with Gasteiger partial charge in [-0.25, -0.2) is 4.98 Å². The molecule has 20 heavy (non-hydrogen) atoms. The van der Waals surface area contributed by atoms with Crippen molar-refractivity contribution in [2.75, 3.05) is 5.73 Å². The summed E-state index contributed by atoms with van der Waals surface area (Å²) in [7, 11) is 0. The maximum atomic E-state index is 6.25. The number of nitrogens with zero attached hydrogens (tertiary/aromatic N) is 2. The summed E-state index contributed by atoms with van der Waals surface area (Å²) in [6.07, 6.45) is 0. The van der Waals surface area contributed by atoms with Crippen LogP contribution in [0.5, 0.6) is 0 Å². The second-order valence-corrected chi connectivity index (χ2v) is 6.55. The molecule has 3 nitrogen and oxygen atoms in total. The van der Waals surface area contributed by atoms with Gasteiger partial charge in [0.1, 0.15) is 17.2 Å². The molecule has 2 aromatic heterocycles. The van der Waals surface area contributed by atoms with Crippen LogP contribution in [0.25, 0.3) is 16.9 Å². The number of aromatic nitrogens is 2. The molecule has 2 N–H and O–H groups in total. The van der Waals surface area contributed by atoms with Gasteiger partial charge in [-0.1, -0.05) is 17.7 Å². The van der Waals surface area contributed by atoms with Crippen molar-refractivity contribution in [1.82, 2.24) is 9.38 Å². The van der Waals surface area contributed by atoms with Crippen molar-refractivity contribution in [3.63, 3.8) is 0 Å². The first-order valence-corrected chi connectivity index (χ1v) is 7.84. The molecule has 0 unspecified atom stereocenters. The number of anilines is 1. The van der Waals surface area contributed by atoms with Crippen molar-refractivity contribution in [3.8, 4) is 11.3 Å². The Morgan fingerprint density at radius 3 is 2.55 bits per heavy atom. The molecule has 1 aromatic carbocycles. The molecule has 3 aromatic rings. The molecule has 0 saturated heterocycles. The Balaban J connectivity index is 2.29. The van der Waals surface area contributed by atoms with E-state index in [-0.39, 0.29) is 0 Å². The predicted octanol–water partition coefficient (Wildman–Crippen LogP) is 5.07. The summed E-state index contributed by atoms with van der Waals surface area (Å²) in [5.74, 6) is 0.609. The zero-order chi connectivity index (χ0) is 14.4. The zero-order valence-corrected chi connectivity index (χ0v) is 14.4.